The van der Waals surface area contributed by atoms with Crippen LogP contribution in [0.4, 0.5) is 0 Å². The molecule has 0 amide bonds. The van der Waals surface area contributed by atoms with Crippen LogP contribution in [0, 0.1) is 0 Å². The van der Waals surface area contributed by atoms with Crippen LogP contribution in [0.1, 0.15) is 13.3 Å². The topological polar surface area (TPSA) is 12.0 Å². The summed E-state index contributed by atoms with van der Waals surface area (Å²) in [7, 11) is 0. The molecule has 0 atom stereocenters. The van der Waals surface area contributed by atoms with E-state index in [9.17, 15) is 0 Å². The van der Waals surface area contributed by atoms with E-state index in [1.165, 1.54) is 0 Å². The van der Waals surface area contributed by atoms with Gasteiger partial charge in [0.25, 0.3) is 0 Å². The molecule has 0 aromatic rings. The molecule has 0 saturated carbocycles. The van der Waals surface area contributed by atoms with Gasteiger partial charge in [-0.15, -0.1) is 6.58 Å². The molecule has 0 aromatic carbocycles. The van der Waals surface area contributed by atoms with E-state index < -0.39 is 0 Å². The molecule has 1 radical (unpaired) electrons. The SMILES string of the molecule is C=CCCNCC.[Na]. The van der Waals surface area contributed by atoms with E-state index in [0.29, 0.717) is 0 Å². The summed E-state index contributed by atoms with van der Waals surface area (Å²) in [5.41, 5.74) is 0. The number of hydrogen-bond acceptors (Lipinski definition) is 1. The molecule has 0 bridgehead atoms. The number of hydrogen-bond donors (Lipinski definition) is 1. The van der Waals surface area contributed by atoms with Crippen molar-refractivity contribution in [2.24, 2.45) is 0 Å². The average molecular weight is 122 g/mol. The second-order valence-corrected chi connectivity index (χ2v) is 1.43. The zero-order valence-corrected chi connectivity index (χ0v) is 7.91. The quantitative estimate of drug-likeness (QED) is 0.330. The Balaban J connectivity index is 0. The molecule has 1 N–H and O–H groups in total. The second-order valence-electron chi connectivity index (χ2n) is 1.43. The van der Waals surface area contributed by atoms with Crippen LogP contribution in [-0.2, 0) is 0 Å². The van der Waals surface area contributed by atoms with Gasteiger partial charge < -0.3 is 5.32 Å². The fourth-order valence-corrected chi connectivity index (χ4v) is 0.381. The first-order valence-corrected chi connectivity index (χ1v) is 2.73. The van der Waals surface area contributed by atoms with Gasteiger partial charge in [-0.05, 0) is 19.5 Å². The summed E-state index contributed by atoms with van der Waals surface area (Å²) in [6.07, 6.45) is 3.00. The van der Waals surface area contributed by atoms with Crippen molar-refractivity contribution < 1.29 is 0 Å². The van der Waals surface area contributed by atoms with Crippen molar-refractivity contribution in [2.75, 3.05) is 13.1 Å². The molecule has 0 aliphatic heterocycles. The van der Waals surface area contributed by atoms with Crippen molar-refractivity contribution in [1.29, 1.82) is 0 Å². The third-order valence-corrected chi connectivity index (χ3v) is 0.775. The average Bonchev–Trinajstić information content (AvgIpc) is 1.69. The Morgan fingerprint density at radius 1 is 1.62 bits per heavy atom. The van der Waals surface area contributed by atoms with E-state index in [1.807, 2.05) is 6.08 Å². The molecule has 0 spiro atoms. The second kappa shape index (κ2) is 10.6. The maximum Gasteiger partial charge on any atom is 0 e. The molecule has 8 heavy (non-hydrogen) atoms. The summed E-state index contributed by atoms with van der Waals surface area (Å²) in [6, 6.07) is 0. The molecule has 0 heterocycles. The zero-order valence-electron chi connectivity index (χ0n) is 5.91. The van der Waals surface area contributed by atoms with Crippen LogP contribution in [0.15, 0.2) is 12.7 Å². The third kappa shape index (κ3) is 9.85. The van der Waals surface area contributed by atoms with E-state index >= 15 is 0 Å². The van der Waals surface area contributed by atoms with E-state index in [0.717, 1.165) is 19.5 Å². The molecule has 0 aliphatic rings. The van der Waals surface area contributed by atoms with Crippen LogP contribution in [0.3, 0.4) is 0 Å². The van der Waals surface area contributed by atoms with Crippen LogP contribution in [0.2, 0.25) is 0 Å². The minimum absolute atomic E-state index is 0. The van der Waals surface area contributed by atoms with Crippen LogP contribution in [0.5, 0.6) is 0 Å². The summed E-state index contributed by atoms with van der Waals surface area (Å²) in [5, 5.41) is 3.18. The molecular weight excluding hydrogens is 109 g/mol. The monoisotopic (exact) mass is 122 g/mol. The number of rotatable bonds is 4. The summed E-state index contributed by atoms with van der Waals surface area (Å²) < 4.78 is 0. The third-order valence-electron chi connectivity index (χ3n) is 0.775. The molecule has 0 fully saturated rings. The van der Waals surface area contributed by atoms with Crippen molar-refractivity contribution in [3.05, 3.63) is 12.7 Å². The van der Waals surface area contributed by atoms with Crippen LogP contribution in [-0.4, -0.2) is 42.6 Å². The molecule has 0 aliphatic carbocycles. The fourth-order valence-electron chi connectivity index (χ4n) is 0.381. The molecule has 43 valence electrons. The molecule has 0 aromatic heterocycles. The van der Waals surface area contributed by atoms with Crippen molar-refractivity contribution in [3.63, 3.8) is 0 Å². The Bertz CT molecular complexity index is 45.8. The minimum atomic E-state index is 0. The van der Waals surface area contributed by atoms with Gasteiger partial charge in [-0.25, -0.2) is 0 Å². The maximum atomic E-state index is 3.59. The first kappa shape index (κ1) is 11.5. The van der Waals surface area contributed by atoms with E-state index in [1.54, 1.807) is 0 Å². The predicted octanol–water partition coefficient (Wildman–Crippen LogP) is 0.791. The summed E-state index contributed by atoms with van der Waals surface area (Å²) in [6.45, 7) is 7.83. The largest absolute Gasteiger partial charge is 0.317 e. The van der Waals surface area contributed by atoms with Gasteiger partial charge in [-0.3, -0.25) is 0 Å². The Kier molecular flexibility index (Phi) is 15.3. The van der Waals surface area contributed by atoms with Gasteiger partial charge >= 0.3 is 0 Å². The van der Waals surface area contributed by atoms with Crippen LogP contribution < -0.4 is 5.32 Å². The normalized spacial score (nSPS) is 7.62. The van der Waals surface area contributed by atoms with E-state index in [4.69, 9.17) is 0 Å². The Morgan fingerprint density at radius 3 is 2.62 bits per heavy atom. The molecule has 0 rings (SSSR count). The van der Waals surface area contributed by atoms with Gasteiger partial charge in [0.2, 0.25) is 0 Å². The standard InChI is InChI=1S/C6H13N.Na/c1-3-5-6-7-4-2;/h3,7H,1,4-6H2,2H3;. The minimum Gasteiger partial charge on any atom is -0.317 e. The fraction of sp³-hybridized carbons (Fsp3) is 0.667. The molecule has 0 saturated heterocycles. The van der Waals surface area contributed by atoms with Crippen molar-refractivity contribution in [3.8, 4) is 0 Å². The van der Waals surface area contributed by atoms with Crippen molar-refractivity contribution in [1.82, 2.24) is 5.32 Å². The number of nitrogens with one attached hydrogen (secondary N) is 1. The Hall–Kier alpha value is 0.700. The Morgan fingerprint density at radius 2 is 2.25 bits per heavy atom. The molecule has 2 heteroatoms. The van der Waals surface area contributed by atoms with Gasteiger partial charge in [0.05, 0.1) is 0 Å². The first-order valence-electron chi connectivity index (χ1n) is 2.73. The Labute approximate surface area is 73.8 Å². The molecule has 1 nitrogen and oxygen atoms in total. The molecule has 0 unspecified atom stereocenters. The van der Waals surface area contributed by atoms with Crippen LogP contribution >= 0.6 is 0 Å². The van der Waals surface area contributed by atoms with Gasteiger partial charge in [-0.1, -0.05) is 13.0 Å². The van der Waals surface area contributed by atoms with Gasteiger partial charge in [0.15, 0.2) is 0 Å². The van der Waals surface area contributed by atoms with Crippen LogP contribution in [0.25, 0.3) is 0 Å². The van der Waals surface area contributed by atoms with E-state index in [-0.39, 0.29) is 29.6 Å². The summed E-state index contributed by atoms with van der Waals surface area (Å²) >= 11 is 0. The van der Waals surface area contributed by atoms with E-state index in [2.05, 4.69) is 18.8 Å². The van der Waals surface area contributed by atoms with Crippen molar-refractivity contribution >= 4 is 29.6 Å². The smallest absolute Gasteiger partial charge is 0 e. The van der Waals surface area contributed by atoms with Gasteiger partial charge in [0, 0.05) is 29.6 Å². The zero-order chi connectivity index (χ0) is 5.54. The van der Waals surface area contributed by atoms with Gasteiger partial charge in [-0.2, -0.15) is 0 Å². The van der Waals surface area contributed by atoms with Crippen molar-refractivity contribution in [2.45, 2.75) is 13.3 Å². The summed E-state index contributed by atoms with van der Waals surface area (Å²) in [5.74, 6) is 0. The maximum absolute atomic E-state index is 3.59. The molecular formula is C6H13NNa. The van der Waals surface area contributed by atoms with Gasteiger partial charge in [0.1, 0.15) is 0 Å². The predicted molar refractivity (Wildman–Crippen MR) is 39.1 cm³/mol. The summed E-state index contributed by atoms with van der Waals surface area (Å²) in [4.78, 5) is 0. The first-order chi connectivity index (χ1) is 3.41.